The van der Waals surface area contributed by atoms with Gasteiger partial charge in [0.1, 0.15) is 66.5 Å². The maximum Gasteiger partial charge on any atom is 0.245 e. The minimum atomic E-state index is -1.86. The summed E-state index contributed by atoms with van der Waals surface area (Å²) in [6.07, 6.45) is 2.44. The van der Waals surface area contributed by atoms with Crippen molar-refractivity contribution in [1.29, 1.82) is 5.41 Å². The number of benzene rings is 4. The van der Waals surface area contributed by atoms with Crippen LogP contribution in [-0.2, 0) is 86.4 Å². The molecule has 1 aliphatic heterocycles. The first-order valence-corrected chi connectivity index (χ1v) is 38.8. The maximum absolute atomic E-state index is 15.1. The molecule has 35 nitrogen and oxygen atoms in total. The van der Waals surface area contributed by atoms with Crippen LogP contribution in [0.4, 0.5) is 0 Å². The number of nitrogens with one attached hydrogen (secondary N) is 16. The van der Waals surface area contributed by atoms with Crippen molar-refractivity contribution in [2.45, 2.75) is 172 Å². The number of hydrogen-bond donors (Lipinski definition) is 21. The molecule has 610 valence electrons. The Kier molecular flexibility index (Phi) is 33.9. The normalized spacial score (nSPS) is 23.1. The van der Waals surface area contributed by atoms with Crippen LogP contribution in [0, 0.1) is 23.2 Å². The quantitative estimate of drug-likeness (QED) is 0.0201. The molecule has 1 saturated heterocycles. The number of aliphatic hydroxyl groups is 1. The average Bonchev–Trinajstić information content (AvgIpc) is 1.76. The van der Waals surface area contributed by atoms with Crippen molar-refractivity contribution in [1.82, 2.24) is 79.1 Å². The molecule has 0 spiro atoms. The summed E-state index contributed by atoms with van der Waals surface area (Å²) in [5, 5.41) is 55.2. The van der Waals surface area contributed by atoms with Crippen LogP contribution in [0.3, 0.4) is 0 Å². The summed E-state index contributed by atoms with van der Waals surface area (Å²) in [5.41, 5.74) is 26.0. The van der Waals surface area contributed by atoms with Crippen molar-refractivity contribution in [3.05, 3.63) is 120 Å². The van der Waals surface area contributed by atoms with Gasteiger partial charge in [-0.15, -0.1) is 11.8 Å². The number of para-hydroxylation sites is 2. The van der Waals surface area contributed by atoms with E-state index in [4.69, 9.17) is 28.3 Å². The van der Waals surface area contributed by atoms with Crippen molar-refractivity contribution < 1.29 is 72.2 Å². The molecule has 1 aliphatic rings. The molecule has 4 aromatic carbocycles. The minimum Gasteiger partial charge on any atom is -0.394 e. The van der Waals surface area contributed by atoms with Gasteiger partial charge in [-0.05, 0) is 96.0 Å². The number of amides is 14. The van der Waals surface area contributed by atoms with Gasteiger partial charge in [0.15, 0.2) is 5.96 Å². The van der Waals surface area contributed by atoms with Crippen LogP contribution < -0.4 is 92.1 Å². The number of primary amides is 2. The van der Waals surface area contributed by atoms with E-state index >= 15 is 14.4 Å². The molecule has 36 heteroatoms. The zero-order chi connectivity index (χ0) is 82.6. The molecule has 14 amide bonds. The SMILES string of the molecule is CC[C@H](C)[C@@H]1NC(=O)[C@H](Cc2ccc3ccccc3c2)NC(=O)CSC[C@@H](C(N)=O)NC(=O)[C@H](C(C)C)NC(=O)[C@H](Cc2c[nH]c3ccccc23)NC(=O)[C@H](CCCCN)NC(=O)[C@H](C(C)C)NC(=O)[C@H](Cc2c[nH]c3ccccc23)NC(=O)[C@H](CC(N)=O)NC(=O)[C@H](CCCNC(=N)N)NC(=O)CNC(=O)[C@H](CO)NC1=O. The number of thioether (sulfide) groups is 1. The van der Waals surface area contributed by atoms with Gasteiger partial charge in [-0.25, -0.2) is 0 Å². The lowest BCUT2D eigenvalue weighted by atomic mass is 9.96. The molecule has 2 aromatic heterocycles. The van der Waals surface area contributed by atoms with Crippen LogP contribution in [0.25, 0.3) is 32.6 Å². The van der Waals surface area contributed by atoms with Gasteiger partial charge >= 0.3 is 0 Å². The monoisotopic (exact) mass is 1580 g/mol. The first kappa shape index (κ1) is 88.6. The van der Waals surface area contributed by atoms with Gasteiger partial charge in [-0.2, -0.15) is 0 Å². The maximum atomic E-state index is 15.1. The molecule has 0 saturated carbocycles. The Balaban J connectivity index is 1.26. The predicted octanol–water partition coefficient (Wildman–Crippen LogP) is -1.87. The first-order valence-electron chi connectivity index (χ1n) is 37.6. The fourth-order valence-electron chi connectivity index (χ4n) is 12.8. The minimum absolute atomic E-state index is 0.0132. The molecule has 7 rings (SSSR count). The lowest BCUT2D eigenvalue weighted by molar-refractivity contribution is -0.137. The Morgan fingerprint density at radius 1 is 0.513 bits per heavy atom. The van der Waals surface area contributed by atoms with Gasteiger partial charge in [-0.1, -0.05) is 127 Å². The summed E-state index contributed by atoms with van der Waals surface area (Å²) >= 11 is 0.866. The standard InChI is InChI=1S/C77H106N20O15S/c1-7-42(6)65-76(112)93-58(37-98)67(103)86-36-61(100)87-52(24-16-28-83-77(81)82)68(104)92-57(33-60(79)99)70(106)91-56(32-47-35-85-51-22-13-11-20-49(47)51)73(109)95-63(40(2)3)74(110)89-53(23-14-15-27-78)69(105)90-55(31-46-34-84-50-21-12-10-19-48(46)50)72(108)96-64(41(4)5)75(111)94-59(66(80)102)38-113-39-62(101)88-54(71(107)97-65)30-43-25-26-44-17-8-9-18-45(44)29-43/h8-13,17-22,25-26,29,34-35,40-42,52-59,63-65,84-85,98H,7,14-16,23-24,27-28,30-33,36-39,78H2,1-6H3,(H2,79,99)(H2,80,102)(H,86,103)(H,87,100)(H,88,101)(H,89,110)(H,90,105)(H,91,106)(H,92,104)(H,93,112)(H,94,111)(H,95,109)(H,96,108)(H,97,107)(H4,81,82,83)/t42-,52-,53-,54-,55-,56-,57-,58-,59-,63-,64-,65-/m0/s1. The molecule has 6 aromatic rings. The van der Waals surface area contributed by atoms with E-state index in [1.807, 2.05) is 36.4 Å². The summed E-state index contributed by atoms with van der Waals surface area (Å²) in [5.74, 6) is -16.7. The van der Waals surface area contributed by atoms with Crippen LogP contribution >= 0.6 is 11.8 Å². The number of nitrogens with two attached hydrogens (primary N) is 4. The average molecular weight is 1580 g/mol. The number of aromatic nitrogens is 2. The van der Waals surface area contributed by atoms with Gasteiger partial charge in [0.05, 0.1) is 25.3 Å². The zero-order valence-corrected chi connectivity index (χ0v) is 64.9. The molecular weight excluding hydrogens is 1480 g/mol. The number of rotatable bonds is 22. The van der Waals surface area contributed by atoms with E-state index in [2.05, 4.69) is 79.1 Å². The Hall–Kier alpha value is -11.7. The van der Waals surface area contributed by atoms with Gasteiger partial charge < -0.3 is 107 Å². The summed E-state index contributed by atoms with van der Waals surface area (Å²) in [7, 11) is 0. The van der Waals surface area contributed by atoms with Gasteiger partial charge in [0.2, 0.25) is 82.7 Å². The number of carbonyl (C=O) groups excluding carboxylic acids is 14. The topological polar surface area (TPSA) is 575 Å². The summed E-state index contributed by atoms with van der Waals surface area (Å²) in [6, 6.07) is 10.1. The van der Waals surface area contributed by atoms with Crippen molar-refractivity contribution in [2.75, 3.05) is 37.7 Å². The van der Waals surface area contributed by atoms with Crippen LogP contribution in [0.1, 0.15) is 103 Å². The molecule has 3 heterocycles. The molecule has 113 heavy (non-hydrogen) atoms. The second-order valence-corrected chi connectivity index (χ2v) is 29.7. The van der Waals surface area contributed by atoms with Gasteiger partial charge in [-0.3, -0.25) is 72.5 Å². The lowest BCUT2D eigenvalue weighted by Gasteiger charge is -2.29. The molecule has 1 fully saturated rings. The van der Waals surface area contributed by atoms with Gasteiger partial charge in [0, 0.05) is 65.8 Å². The number of guanidine groups is 1. The van der Waals surface area contributed by atoms with E-state index < -0.39 is 198 Å². The predicted molar refractivity (Wildman–Crippen MR) is 425 cm³/mol. The van der Waals surface area contributed by atoms with Gasteiger partial charge in [0.25, 0.3) is 0 Å². The fourth-order valence-corrected chi connectivity index (χ4v) is 13.7. The number of hydrogen-bond acceptors (Lipinski definition) is 18. The van der Waals surface area contributed by atoms with Crippen molar-refractivity contribution in [3.63, 3.8) is 0 Å². The summed E-state index contributed by atoms with van der Waals surface area (Å²) in [6.45, 7) is 8.05. The van der Waals surface area contributed by atoms with Crippen molar-refractivity contribution >= 4 is 133 Å². The molecular formula is C77H106N20O15S. The second kappa shape index (κ2) is 43.2. The zero-order valence-electron chi connectivity index (χ0n) is 64.1. The van der Waals surface area contributed by atoms with E-state index in [9.17, 15) is 57.8 Å². The largest absolute Gasteiger partial charge is 0.394 e. The van der Waals surface area contributed by atoms with Crippen LogP contribution in [0.2, 0.25) is 0 Å². The molecule has 0 radical (unpaired) electrons. The van der Waals surface area contributed by atoms with E-state index in [1.165, 1.54) is 0 Å². The number of aromatic amines is 2. The number of H-pyrrole nitrogens is 2. The molecule has 0 aliphatic carbocycles. The number of unbranched alkanes of at least 4 members (excludes halogenated alkanes) is 1. The van der Waals surface area contributed by atoms with Crippen LogP contribution in [0.5, 0.6) is 0 Å². The smallest absolute Gasteiger partial charge is 0.245 e. The third-order valence-corrected chi connectivity index (χ3v) is 20.4. The highest BCUT2D eigenvalue weighted by Crippen LogP contribution is 2.24. The van der Waals surface area contributed by atoms with Crippen molar-refractivity contribution in [2.24, 2.45) is 40.7 Å². The number of carbonyl (C=O) groups is 14. The molecule has 0 bridgehead atoms. The van der Waals surface area contributed by atoms with E-state index in [0.29, 0.717) is 44.9 Å². The van der Waals surface area contributed by atoms with E-state index in [0.717, 1.165) is 22.5 Å². The Morgan fingerprint density at radius 2 is 0.982 bits per heavy atom. The highest BCUT2D eigenvalue weighted by atomic mass is 32.2. The molecule has 12 atom stereocenters. The first-order chi connectivity index (χ1) is 53.9. The fraction of sp³-hybridized carbons (Fsp3) is 0.468. The Morgan fingerprint density at radius 3 is 1.52 bits per heavy atom. The Labute approximate surface area is 657 Å². The van der Waals surface area contributed by atoms with E-state index in [-0.39, 0.29) is 70.2 Å². The third-order valence-electron chi connectivity index (χ3n) is 19.3. The third kappa shape index (κ3) is 26.5. The highest BCUT2D eigenvalue weighted by Gasteiger charge is 2.39. The Bertz CT molecular complexity index is 4400. The number of aliphatic hydroxyl groups excluding tert-OH is 1. The molecule has 0 unspecified atom stereocenters. The number of fused-ring (bicyclic) bond motifs is 3. The highest BCUT2D eigenvalue weighted by molar-refractivity contribution is 8.00. The van der Waals surface area contributed by atoms with Crippen molar-refractivity contribution in [3.8, 4) is 0 Å². The van der Waals surface area contributed by atoms with Crippen LogP contribution in [-0.4, -0.2) is 208 Å². The lowest BCUT2D eigenvalue weighted by Crippen LogP contribution is -2.62. The summed E-state index contributed by atoms with van der Waals surface area (Å²) < 4.78 is 0. The summed E-state index contributed by atoms with van der Waals surface area (Å²) in [4.78, 5) is 207. The molecule has 25 N–H and O–H groups in total. The van der Waals surface area contributed by atoms with E-state index in [1.54, 1.807) is 109 Å². The van der Waals surface area contributed by atoms with Crippen LogP contribution in [0.15, 0.2) is 103 Å². The second-order valence-electron chi connectivity index (χ2n) is 28.7.